The lowest BCUT2D eigenvalue weighted by Crippen LogP contribution is -2.13. The summed E-state index contributed by atoms with van der Waals surface area (Å²) in [6.45, 7) is -0.332. The van der Waals surface area contributed by atoms with E-state index >= 15 is 0 Å². The van der Waals surface area contributed by atoms with Gasteiger partial charge in [-0.25, -0.2) is 9.18 Å². The van der Waals surface area contributed by atoms with Crippen molar-refractivity contribution in [2.24, 2.45) is 0 Å². The van der Waals surface area contributed by atoms with Crippen LogP contribution in [-0.2, 0) is 9.53 Å². The maximum Gasteiger partial charge on any atom is 0.343 e. The van der Waals surface area contributed by atoms with Crippen LogP contribution in [0.1, 0.15) is 0 Å². The molecule has 1 aromatic rings. The van der Waals surface area contributed by atoms with Crippen molar-refractivity contribution < 1.29 is 18.7 Å². The smallest absolute Gasteiger partial charge is 0.343 e. The molecular weight excluding hydrogens is 246 g/mol. The Morgan fingerprint density at radius 1 is 1.40 bits per heavy atom. The normalized spacial score (nSPS) is 9.87. The van der Waals surface area contributed by atoms with E-state index in [1.54, 1.807) is 0 Å². The fraction of sp³-hybridized carbons (Fsp3) is 0.222. The Morgan fingerprint density at radius 3 is 2.40 bits per heavy atom. The first-order chi connectivity index (χ1) is 7.04. The van der Waals surface area contributed by atoms with Gasteiger partial charge in [-0.15, -0.1) is 0 Å². The molecule has 6 heteroatoms. The molecule has 0 saturated heterocycles. The van der Waals surface area contributed by atoms with Crippen molar-refractivity contribution >= 4 is 29.2 Å². The molecule has 0 atom stereocenters. The van der Waals surface area contributed by atoms with E-state index in [2.05, 4.69) is 4.74 Å². The Kier molecular flexibility index (Phi) is 4.17. The molecule has 0 aliphatic carbocycles. The van der Waals surface area contributed by atoms with Gasteiger partial charge in [-0.1, -0.05) is 23.2 Å². The van der Waals surface area contributed by atoms with E-state index in [1.807, 2.05) is 0 Å². The molecule has 0 radical (unpaired) electrons. The largest absolute Gasteiger partial charge is 0.479 e. The van der Waals surface area contributed by atoms with Gasteiger partial charge < -0.3 is 9.47 Å². The minimum atomic E-state index is -0.577. The molecular formula is C9H7Cl2FO3. The van der Waals surface area contributed by atoms with E-state index in [0.717, 1.165) is 12.1 Å². The summed E-state index contributed by atoms with van der Waals surface area (Å²) >= 11 is 11.3. The summed E-state index contributed by atoms with van der Waals surface area (Å²) in [5.74, 6) is -1.09. The number of hydrogen-bond donors (Lipinski definition) is 0. The van der Waals surface area contributed by atoms with Gasteiger partial charge in [-0.05, 0) is 12.1 Å². The van der Waals surface area contributed by atoms with Crippen molar-refractivity contribution in [3.05, 3.63) is 28.0 Å². The summed E-state index contributed by atoms with van der Waals surface area (Å²) < 4.78 is 22.1. The monoisotopic (exact) mass is 252 g/mol. The zero-order valence-corrected chi connectivity index (χ0v) is 9.23. The Labute approximate surface area is 95.7 Å². The molecule has 3 nitrogen and oxygen atoms in total. The maximum absolute atomic E-state index is 12.8. The number of hydrogen-bond acceptors (Lipinski definition) is 3. The van der Waals surface area contributed by atoms with Crippen molar-refractivity contribution in [3.8, 4) is 5.75 Å². The predicted octanol–water partition coefficient (Wildman–Crippen LogP) is 2.68. The molecule has 0 aliphatic heterocycles. The summed E-state index contributed by atoms with van der Waals surface area (Å²) in [7, 11) is 1.22. The fourth-order valence-electron chi connectivity index (χ4n) is 0.857. The second-order valence-electron chi connectivity index (χ2n) is 2.56. The molecule has 0 bridgehead atoms. The van der Waals surface area contributed by atoms with Crippen molar-refractivity contribution in [3.63, 3.8) is 0 Å². The van der Waals surface area contributed by atoms with Crippen molar-refractivity contribution in [1.82, 2.24) is 0 Å². The minimum absolute atomic E-state index is 0.00361. The Morgan fingerprint density at radius 2 is 1.93 bits per heavy atom. The average molecular weight is 253 g/mol. The van der Waals surface area contributed by atoms with Gasteiger partial charge in [0.1, 0.15) is 5.82 Å². The van der Waals surface area contributed by atoms with Crippen LogP contribution in [0.4, 0.5) is 4.39 Å². The van der Waals surface area contributed by atoms with Gasteiger partial charge in [0.05, 0.1) is 17.2 Å². The van der Waals surface area contributed by atoms with Crippen molar-refractivity contribution in [2.45, 2.75) is 0 Å². The van der Waals surface area contributed by atoms with E-state index < -0.39 is 11.8 Å². The molecule has 0 aromatic heterocycles. The standard InChI is InChI=1S/C9H7Cl2FO3/c1-14-8(13)4-15-9-6(10)2-5(12)3-7(9)11/h2-3H,4H2,1H3. The van der Waals surface area contributed by atoms with E-state index in [9.17, 15) is 9.18 Å². The third kappa shape index (κ3) is 3.25. The molecule has 1 aromatic carbocycles. The summed E-state index contributed by atoms with van der Waals surface area (Å²) in [5, 5.41) is 0.00723. The van der Waals surface area contributed by atoms with Crippen LogP contribution in [0.15, 0.2) is 12.1 Å². The number of halogens is 3. The molecule has 0 saturated carbocycles. The first-order valence-corrected chi connectivity index (χ1v) is 4.64. The van der Waals surface area contributed by atoms with Gasteiger partial charge >= 0.3 is 5.97 Å². The third-order valence-corrected chi connectivity index (χ3v) is 2.09. The Hall–Kier alpha value is -1.00. The first-order valence-electron chi connectivity index (χ1n) is 3.88. The second kappa shape index (κ2) is 5.19. The lowest BCUT2D eigenvalue weighted by Gasteiger charge is -2.08. The molecule has 0 aliphatic rings. The van der Waals surface area contributed by atoms with Crippen LogP contribution in [0, 0.1) is 5.82 Å². The predicted molar refractivity (Wildman–Crippen MR) is 53.9 cm³/mol. The van der Waals surface area contributed by atoms with E-state index in [0.29, 0.717) is 0 Å². The molecule has 15 heavy (non-hydrogen) atoms. The lowest BCUT2D eigenvalue weighted by atomic mass is 10.3. The Balaban J connectivity index is 2.81. The summed E-state index contributed by atoms with van der Waals surface area (Å²) in [6.07, 6.45) is 0. The minimum Gasteiger partial charge on any atom is -0.479 e. The van der Waals surface area contributed by atoms with Crippen LogP contribution >= 0.6 is 23.2 Å². The number of carbonyl (C=O) groups is 1. The van der Waals surface area contributed by atoms with Crippen LogP contribution in [0.3, 0.4) is 0 Å². The molecule has 82 valence electrons. The number of benzene rings is 1. The van der Waals surface area contributed by atoms with Gasteiger partial charge in [0, 0.05) is 0 Å². The highest BCUT2D eigenvalue weighted by Crippen LogP contribution is 2.33. The summed E-state index contributed by atoms with van der Waals surface area (Å²) in [4.78, 5) is 10.8. The van der Waals surface area contributed by atoms with Crippen LogP contribution in [0.25, 0.3) is 0 Å². The number of carbonyl (C=O) groups excluding carboxylic acids is 1. The second-order valence-corrected chi connectivity index (χ2v) is 3.38. The van der Waals surface area contributed by atoms with Crippen LogP contribution in [0.5, 0.6) is 5.75 Å². The molecule has 0 amide bonds. The highest BCUT2D eigenvalue weighted by Gasteiger charge is 2.11. The van der Waals surface area contributed by atoms with Crippen LogP contribution < -0.4 is 4.74 Å². The van der Waals surface area contributed by atoms with Gasteiger partial charge in [0.25, 0.3) is 0 Å². The van der Waals surface area contributed by atoms with E-state index in [-0.39, 0.29) is 22.4 Å². The summed E-state index contributed by atoms with van der Waals surface area (Å²) in [6, 6.07) is 2.08. The van der Waals surface area contributed by atoms with Gasteiger partial charge in [0.15, 0.2) is 12.4 Å². The fourth-order valence-corrected chi connectivity index (χ4v) is 1.43. The quantitative estimate of drug-likeness (QED) is 0.777. The van der Waals surface area contributed by atoms with Crippen molar-refractivity contribution in [1.29, 1.82) is 0 Å². The maximum atomic E-state index is 12.8. The first kappa shape index (κ1) is 12.1. The molecule has 0 spiro atoms. The van der Waals surface area contributed by atoms with Crippen LogP contribution in [0.2, 0.25) is 10.0 Å². The molecule has 0 heterocycles. The number of esters is 1. The number of rotatable bonds is 3. The molecule has 0 N–H and O–H groups in total. The van der Waals surface area contributed by atoms with Gasteiger partial charge in [0.2, 0.25) is 0 Å². The zero-order valence-electron chi connectivity index (χ0n) is 7.72. The number of methoxy groups -OCH3 is 1. The van der Waals surface area contributed by atoms with Gasteiger partial charge in [-0.3, -0.25) is 0 Å². The number of ether oxygens (including phenoxy) is 2. The molecule has 1 rings (SSSR count). The van der Waals surface area contributed by atoms with E-state index in [1.165, 1.54) is 7.11 Å². The van der Waals surface area contributed by atoms with Gasteiger partial charge in [-0.2, -0.15) is 0 Å². The zero-order chi connectivity index (χ0) is 11.4. The highest BCUT2D eigenvalue weighted by molar-refractivity contribution is 6.37. The third-order valence-electron chi connectivity index (χ3n) is 1.53. The topological polar surface area (TPSA) is 35.5 Å². The lowest BCUT2D eigenvalue weighted by molar-refractivity contribution is -0.142. The molecule has 0 fully saturated rings. The molecule has 0 unspecified atom stereocenters. The SMILES string of the molecule is COC(=O)COc1c(Cl)cc(F)cc1Cl. The highest BCUT2D eigenvalue weighted by atomic mass is 35.5. The Bertz CT molecular complexity index is 359. The summed E-state index contributed by atoms with van der Waals surface area (Å²) in [5.41, 5.74) is 0. The average Bonchev–Trinajstić information content (AvgIpc) is 2.15. The van der Waals surface area contributed by atoms with E-state index in [4.69, 9.17) is 27.9 Å². The van der Waals surface area contributed by atoms with Crippen molar-refractivity contribution in [2.75, 3.05) is 13.7 Å². The van der Waals surface area contributed by atoms with Crippen LogP contribution in [-0.4, -0.2) is 19.7 Å².